The molecule has 0 aliphatic carbocycles. The molecule has 0 aliphatic rings. The van der Waals surface area contributed by atoms with E-state index in [1.807, 2.05) is 57.2 Å². The second-order valence-electron chi connectivity index (χ2n) is 5.52. The van der Waals surface area contributed by atoms with Gasteiger partial charge in [0.2, 0.25) is 0 Å². The van der Waals surface area contributed by atoms with Gasteiger partial charge in [-0.3, -0.25) is 4.79 Å². The second-order valence-corrected chi connectivity index (χ2v) is 5.52. The first kappa shape index (κ1) is 15.0. The fraction of sp³-hybridized carbons (Fsp3) is 0.167. The molecule has 0 fully saturated rings. The van der Waals surface area contributed by atoms with E-state index in [4.69, 9.17) is 0 Å². The van der Waals surface area contributed by atoms with E-state index in [0.717, 1.165) is 22.5 Å². The van der Waals surface area contributed by atoms with E-state index in [1.165, 1.54) is 0 Å². The number of amides is 1. The Balaban J connectivity index is 1.89. The van der Waals surface area contributed by atoms with Crippen molar-refractivity contribution in [2.24, 2.45) is 0 Å². The van der Waals surface area contributed by atoms with Crippen molar-refractivity contribution < 1.29 is 4.79 Å². The minimum Gasteiger partial charge on any atom is -0.322 e. The van der Waals surface area contributed by atoms with Gasteiger partial charge in [-0.1, -0.05) is 18.2 Å². The number of pyridine rings is 1. The number of carbonyl (C=O) groups is 1. The Morgan fingerprint density at radius 1 is 1.13 bits per heavy atom. The number of hydrogen-bond donors (Lipinski definition) is 1. The highest BCUT2D eigenvalue weighted by atomic mass is 16.1. The molecule has 0 spiro atoms. The lowest BCUT2D eigenvalue weighted by Gasteiger charge is -2.09. The quantitative estimate of drug-likeness (QED) is 0.806. The van der Waals surface area contributed by atoms with Crippen molar-refractivity contribution in [3.8, 4) is 5.82 Å². The molecule has 0 saturated carbocycles. The van der Waals surface area contributed by atoms with Gasteiger partial charge in [0, 0.05) is 11.9 Å². The molecule has 0 aliphatic heterocycles. The number of rotatable bonds is 3. The maximum absolute atomic E-state index is 12.6. The van der Waals surface area contributed by atoms with Crippen LogP contribution in [0, 0.1) is 20.8 Å². The number of nitrogens with one attached hydrogen (secondary N) is 1. The van der Waals surface area contributed by atoms with Gasteiger partial charge in [-0.25, -0.2) is 9.67 Å². The van der Waals surface area contributed by atoms with Crippen molar-refractivity contribution in [3.63, 3.8) is 0 Å². The highest BCUT2D eigenvalue weighted by Crippen LogP contribution is 2.19. The van der Waals surface area contributed by atoms with Crippen LogP contribution in [0.4, 0.5) is 5.69 Å². The second kappa shape index (κ2) is 6.04. The summed E-state index contributed by atoms with van der Waals surface area (Å²) < 4.78 is 1.66. The smallest absolute Gasteiger partial charge is 0.259 e. The summed E-state index contributed by atoms with van der Waals surface area (Å²) in [7, 11) is 0. The molecule has 0 unspecified atom stereocenters. The first-order valence-corrected chi connectivity index (χ1v) is 7.41. The van der Waals surface area contributed by atoms with Crippen molar-refractivity contribution in [2.45, 2.75) is 20.8 Å². The topological polar surface area (TPSA) is 59.8 Å². The maximum atomic E-state index is 12.6. The Morgan fingerprint density at radius 3 is 2.70 bits per heavy atom. The highest BCUT2D eigenvalue weighted by Gasteiger charge is 2.16. The van der Waals surface area contributed by atoms with Crippen LogP contribution in [0.1, 0.15) is 27.2 Å². The lowest BCUT2D eigenvalue weighted by atomic mass is 10.1. The average Bonchev–Trinajstić information content (AvgIpc) is 2.93. The third kappa shape index (κ3) is 2.99. The SMILES string of the molecule is Cc1ccc(C)c(NC(=O)c2cnn(-c3ccccn3)c2C)c1. The molecule has 5 nitrogen and oxygen atoms in total. The average molecular weight is 306 g/mol. The Hall–Kier alpha value is -2.95. The summed E-state index contributed by atoms with van der Waals surface area (Å²) >= 11 is 0. The van der Waals surface area contributed by atoms with Crippen LogP contribution in [-0.2, 0) is 0 Å². The van der Waals surface area contributed by atoms with Crippen LogP contribution in [0.5, 0.6) is 0 Å². The molecule has 3 rings (SSSR count). The fourth-order valence-corrected chi connectivity index (χ4v) is 2.40. The van der Waals surface area contributed by atoms with Gasteiger partial charge in [0.25, 0.3) is 5.91 Å². The van der Waals surface area contributed by atoms with Crippen LogP contribution in [0.25, 0.3) is 5.82 Å². The predicted octanol–water partition coefficient (Wildman–Crippen LogP) is 3.44. The fourth-order valence-electron chi connectivity index (χ4n) is 2.40. The molecule has 0 atom stereocenters. The van der Waals surface area contributed by atoms with Crippen LogP contribution < -0.4 is 5.32 Å². The summed E-state index contributed by atoms with van der Waals surface area (Å²) in [5, 5.41) is 7.24. The summed E-state index contributed by atoms with van der Waals surface area (Å²) in [5.74, 6) is 0.522. The first-order chi connectivity index (χ1) is 11.1. The number of hydrogen-bond acceptors (Lipinski definition) is 3. The zero-order chi connectivity index (χ0) is 16.4. The molecule has 0 saturated heterocycles. The summed E-state index contributed by atoms with van der Waals surface area (Å²) in [6, 6.07) is 11.6. The summed E-state index contributed by atoms with van der Waals surface area (Å²) in [6.45, 7) is 5.83. The van der Waals surface area contributed by atoms with Crippen LogP contribution in [0.15, 0.2) is 48.8 Å². The Bertz CT molecular complexity index is 853. The largest absolute Gasteiger partial charge is 0.322 e. The summed E-state index contributed by atoms with van der Waals surface area (Å²) in [4.78, 5) is 16.8. The summed E-state index contributed by atoms with van der Waals surface area (Å²) in [5.41, 5.74) is 4.24. The molecular weight excluding hydrogens is 288 g/mol. The molecule has 2 aromatic heterocycles. The van der Waals surface area contributed by atoms with E-state index in [1.54, 1.807) is 17.1 Å². The third-order valence-electron chi connectivity index (χ3n) is 3.76. The number of aryl methyl sites for hydroxylation is 2. The van der Waals surface area contributed by atoms with Gasteiger partial charge in [0.05, 0.1) is 17.5 Å². The molecule has 5 heteroatoms. The van der Waals surface area contributed by atoms with Gasteiger partial charge in [0.15, 0.2) is 5.82 Å². The van der Waals surface area contributed by atoms with Crippen LogP contribution in [0.2, 0.25) is 0 Å². The molecule has 1 aromatic carbocycles. The molecular formula is C18H18N4O. The molecule has 116 valence electrons. The van der Waals surface area contributed by atoms with E-state index in [9.17, 15) is 4.79 Å². The van der Waals surface area contributed by atoms with Crippen molar-refractivity contribution in [1.82, 2.24) is 14.8 Å². The number of benzene rings is 1. The number of nitrogens with zero attached hydrogens (tertiary/aromatic N) is 3. The molecule has 1 amide bonds. The standard InChI is InChI=1S/C18H18N4O/c1-12-7-8-13(2)16(10-12)21-18(23)15-11-20-22(14(15)3)17-6-4-5-9-19-17/h4-11H,1-3H3,(H,21,23). The van der Waals surface area contributed by atoms with E-state index >= 15 is 0 Å². The number of carbonyl (C=O) groups excluding carboxylic acids is 1. The highest BCUT2D eigenvalue weighted by molar-refractivity contribution is 6.05. The van der Waals surface area contributed by atoms with Crippen molar-refractivity contribution in [1.29, 1.82) is 0 Å². The normalized spacial score (nSPS) is 10.6. The van der Waals surface area contributed by atoms with Crippen LogP contribution in [0.3, 0.4) is 0 Å². The van der Waals surface area contributed by atoms with E-state index in [0.29, 0.717) is 11.4 Å². The van der Waals surface area contributed by atoms with Gasteiger partial charge in [0.1, 0.15) is 0 Å². The van der Waals surface area contributed by atoms with Gasteiger partial charge in [-0.2, -0.15) is 5.10 Å². The molecule has 23 heavy (non-hydrogen) atoms. The van der Waals surface area contributed by atoms with Gasteiger partial charge in [-0.15, -0.1) is 0 Å². The first-order valence-electron chi connectivity index (χ1n) is 7.41. The van der Waals surface area contributed by atoms with Crippen LogP contribution >= 0.6 is 0 Å². The zero-order valence-electron chi connectivity index (χ0n) is 13.4. The molecule has 2 heterocycles. The minimum absolute atomic E-state index is 0.168. The molecule has 3 aromatic rings. The Labute approximate surface area is 135 Å². The van der Waals surface area contributed by atoms with Crippen LogP contribution in [-0.4, -0.2) is 20.7 Å². The molecule has 1 N–H and O–H groups in total. The minimum atomic E-state index is -0.168. The van der Waals surface area contributed by atoms with E-state index < -0.39 is 0 Å². The number of anilines is 1. The molecule has 0 bridgehead atoms. The Kier molecular flexibility index (Phi) is 3.93. The lowest BCUT2D eigenvalue weighted by molar-refractivity contribution is 0.102. The zero-order valence-corrected chi connectivity index (χ0v) is 13.4. The van der Waals surface area contributed by atoms with E-state index in [-0.39, 0.29) is 5.91 Å². The van der Waals surface area contributed by atoms with Gasteiger partial charge in [-0.05, 0) is 50.1 Å². The van der Waals surface area contributed by atoms with Gasteiger partial charge < -0.3 is 5.32 Å². The predicted molar refractivity (Wildman–Crippen MR) is 90.0 cm³/mol. The monoisotopic (exact) mass is 306 g/mol. The van der Waals surface area contributed by atoms with Crippen molar-refractivity contribution in [3.05, 3.63) is 71.2 Å². The van der Waals surface area contributed by atoms with E-state index in [2.05, 4.69) is 15.4 Å². The van der Waals surface area contributed by atoms with Gasteiger partial charge >= 0.3 is 0 Å². The maximum Gasteiger partial charge on any atom is 0.259 e. The summed E-state index contributed by atoms with van der Waals surface area (Å²) in [6.07, 6.45) is 3.27. The third-order valence-corrected chi connectivity index (χ3v) is 3.76. The lowest BCUT2D eigenvalue weighted by Crippen LogP contribution is -2.14. The van der Waals surface area contributed by atoms with Crippen molar-refractivity contribution >= 4 is 11.6 Å². The number of aromatic nitrogens is 3. The molecule has 0 radical (unpaired) electrons. The Morgan fingerprint density at radius 2 is 1.96 bits per heavy atom. The van der Waals surface area contributed by atoms with Crippen molar-refractivity contribution in [2.75, 3.05) is 5.32 Å².